The van der Waals surface area contributed by atoms with Gasteiger partial charge in [-0.3, -0.25) is 0 Å². The van der Waals surface area contributed by atoms with E-state index in [0.717, 1.165) is 14.5 Å². The zero-order valence-corrected chi connectivity index (χ0v) is 14.7. The molecule has 0 radical (unpaired) electrons. The van der Waals surface area contributed by atoms with Crippen molar-refractivity contribution in [3.05, 3.63) is 15.2 Å². The number of methoxy groups -OCH3 is 2. The Balaban J connectivity index is 3.04. The minimum atomic E-state index is -1.43. The van der Waals surface area contributed by atoms with Crippen LogP contribution in [0.25, 0.3) is 0 Å². The number of rotatable bonds is 6. The smallest absolute Gasteiger partial charge is 0.219 e. The average molecular weight is 381 g/mol. The molecule has 0 aliphatic heterocycles. The van der Waals surface area contributed by atoms with Crippen LogP contribution in [-0.4, -0.2) is 34.1 Å². The van der Waals surface area contributed by atoms with Crippen LogP contribution in [0.3, 0.4) is 0 Å². The molecule has 0 N–H and O–H groups in total. The molecule has 0 fully saturated rings. The largest absolute Gasteiger partial charge is 0.481 e. The van der Waals surface area contributed by atoms with Gasteiger partial charge in [0, 0.05) is 16.0 Å². The van der Waals surface area contributed by atoms with Gasteiger partial charge in [0.1, 0.15) is 14.9 Å². The second-order valence-corrected chi connectivity index (χ2v) is 11.2. The van der Waals surface area contributed by atoms with E-state index in [0.29, 0.717) is 12.5 Å². The molecule has 0 atom stereocenters. The number of pyridine rings is 1. The topological polar surface area (TPSA) is 40.6 Å². The highest BCUT2D eigenvalue weighted by atomic mass is 127. The normalized spacial score (nSPS) is 11.7. The third-order valence-corrected chi connectivity index (χ3v) is 5.20. The molecule has 0 aliphatic carbocycles. The van der Waals surface area contributed by atoms with Crippen molar-refractivity contribution in [2.24, 2.45) is 0 Å². The molecule has 0 aliphatic rings. The first-order valence-corrected chi connectivity index (χ1v) is 10.3. The quantitative estimate of drug-likeness (QED) is 0.328. The molecule has 0 amide bonds. The highest BCUT2D eigenvalue weighted by Gasteiger charge is 2.22. The maximum absolute atomic E-state index is 5.38. The first-order chi connectivity index (χ1) is 8.40. The highest BCUT2D eigenvalue weighted by molar-refractivity contribution is 14.1. The van der Waals surface area contributed by atoms with Crippen LogP contribution in [0, 0.1) is 3.57 Å². The van der Waals surface area contributed by atoms with Gasteiger partial charge in [-0.2, -0.15) is 0 Å². The predicted octanol–water partition coefficient (Wildman–Crippen LogP) is 2.36. The van der Waals surface area contributed by atoms with Crippen molar-refractivity contribution in [1.29, 1.82) is 0 Å². The zero-order chi connectivity index (χ0) is 13.8. The summed E-state index contributed by atoms with van der Waals surface area (Å²) in [6.07, 6.45) is 0. The van der Waals surface area contributed by atoms with Crippen LogP contribution >= 0.6 is 22.6 Å². The minimum Gasteiger partial charge on any atom is -0.481 e. The van der Waals surface area contributed by atoms with E-state index < -0.39 is 8.07 Å². The number of hydrogen-bond acceptors (Lipinski definition) is 4. The van der Waals surface area contributed by atoms with E-state index in [2.05, 4.69) is 53.3 Å². The van der Waals surface area contributed by atoms with Gasteiger partial charge in [-0.15, -0.1) is 0 Å². The van der Waals surface area contributed by atoms with Gasteiger partial charge in [-0.25, -0.2) is 4.98 Å². The van der Waals surface area contributed by atoms with Gasteiger partial charge in [0.25, 0.3) is 0 Å². The van der Waals surface area contributed by atoms with Gasteiger partial charge in [0.05, 0.1) is 19.3 Å². The zero-order valence-electron chi connectivity index (χ0n) is 11.5. The molecule has 1 rings (SSSR count). The standard InChI is InChI=1S/C12H20INO3Si/c1-15-8-17-7-9-10(13)6-11(18(3,4)5)14-12(9)16-2/h6H,7-8H2,1-5H3. The number of ether oxygens (including phenoxy) is 3. The Morgan fingerprint density at radius 1 is 1.28 bits per heavy atom. The van der Waals surface area contributed by atoms with Crippen LogP contribution < -0.4 is 10.1 Å². The van der Waals surface area contributed by atoms with E-state index in [-0.39, 0.29) is 6.79 Å². The Morgan fingerprint density at radius 2 is 1.94 bits per heavy atom. The molecule has 0 bridgehead atoms. The lowest BCUT2D eigenvalue weighted by atomic mass is 10.3. The van der Waals surface area contributed by atoms with Crippen LogP contribution in [0.4, 0.5) is 0 Å². The Bertz CT molecular complexity index is 407. The molecule has 102 valence electrons. The molecule has 0 unspecified atom stereocenters. The summed E-state index contributed by atoms with van der Waals surface area (Å²) in [5.74, 6) is 0.662. The van der Waals surface area contributed by atoms with E-state index in [1.54, 1.807) is 14.2 Å². The van der Waals surface area contributed by atoms with Gasteiger partial charge >= 0.3 is 0 Å². The van der Waals surface area contributed by atoms with Crippen LogP contribution in [0.5, 0.6) is 5.88 Å². The van der Waals surface area contributed by atoms with E-state index in [1.807, 2.05) is 0 Å². The fourth-order valence-electron chi connectivity index (χ4n) is 1.43. The second-order valence-electron chi connectivity index (χ2n) is 4.98. The Morgan fingerprint density at radius 3 is 2.44 bits per heavy atom. The van der Waals surface area contributed by atoms with Crippen LogP contribution in [0.1, 0.15) is 5.56 Å². The van der Waals surface area contributed by atoms with Crippen molar-refractivity contribution >= 4 is 36.0 Å². The first kappa shape index (κ1) is 15.9. The lowest BCUT2D eigenvalue weighted by Gasteiger charge is -2.19. The molecule has 6 heteroatoms. The average Bonchev–Trinajstić information content (AvgIpc) is 2.29. The first-order valence-electron chi connectivity index (χ1n) is 5.70. The fraction of sp³-hybridized carbons (Fsp3) is 0.583. The van der Waals surface area contributed by atoms with Crippen molar-refractivity contribution < 1.29 is 14.2 Å². The van der Waals surface area contributed by atoms with Gasteiger partial charge < -0.3 is 14.2 Å². The highest BCUT2D eigenvalue weighted by Crippen LogP contribution is 2.22. The maximum atomic E-state index is 5.38. The van der Waals surface area contributed by atoms with E-state index in [9.17, 15) is 0 Å². The lowest BCUT2D eigenvalue weighted by molar-refractivity contribution is -0.0398. The summed E-state index contributed by atoms with van der Waals surface area (Å²) >= 11 is 2.31. The van der Waals surface area contributed by atoms with Gasteiger partial charge in [-0.1, -0.05) is 19.6 Å². The number of aromatic nitrogens is 1. The SMILES string of the molecule is COCOCc1c(I)cc([Si](C)(C)C)nc1OC. The summed E-state index contributed by atoms with van der Waals surface area (Å²) in [7, 11) is 1.82. The fourth-order valence-corrected chi connectivity index (χ4v) is 3.42. The number of hydrogen-bond donors (Lipinski definition) is 0. The molecule has 1 heterocycles. The molecule has 4 nitrogen and oxygen atoms in total. The third kappa shape index (κ3) is 4.18. The summed E-state index contributed by atoms with van der Waals surface area (Å²) in [4.78, 5) is 4.62. The maximum Gasteiger partial charge on any atom is 0.219 e. The second kappa shape index (κ2) is 6.83. The molecular formula is C12H20INO3Si. The van der Waals surface area contributed by atoms with Gasteiger partial charge in [0.15, 0.2) is 0 Å². The van der Waals surface area contributed by atoms with Crippen molar-refractivity contribution in [1.82, 2.24) is 4.98 Å². The van der Waals surface area contributed by atoms with Crippen LogP contribution in [0.2, 0.25) is 19.6 Å². The van der Waals surface area contributed by atoms with E-state index in [1.165, 1.54) is 0 Å². The minimum absolute atomic E-state index is 0.273. The molecular weight excluding hydrogens is 361 g/mol. The summed E-state index contributed by atoms with van der Waals surface area (Å²) in [5, 5.41) is 1.15. The van der Waals surface area contributed by atoms with Gasteiger partial charge in [0.2, 0.25) is 5.88 Å². The monoisotopic (exact) mass is 381 g/mol. The van der Waals surface area contributed by atoms with Crippen molar-refractivity contribution in [2.45, 2.75) is 26.2 Å². The van der Waals surface area contributed by atoms with Crippen molar-refractivity contribution in [2.75, 3.05) is 21.0 Å². The van der Waals surface area contributed by atoms with Crippen LogP contribution in [-0.2, 0) is 16.1 Å². The molecule has 0 aromatic carbocycles. The third-order valence-electron chi connectivity index (χ3n) is 2.44. The van der Waals surface area contributed by atoms with E-state index in [4.69, 9.17) is 14.2 Å². The van der Waals surface area contributed by atoms with Crippen molar-refractivity contribution in [3.63, 3.8) is 0 Å². The lowest BCUT2D eigenvalue weighted by Crippen LogP contribution is -2.40. The van der Waals surface area contributed by atoms with E-state index >= 15 is 0 Å². The summed E-state index contributed by atoms with van der Waals surface area (Å²) in [6.45, 7) is 7.53. The van der Waals surface area contributed by atoms with Crippen molar-refractivity contribution in [3.8, 4) is 5.88 Å². The molecule has 1 aromatic heterocycles. The van der Waals surface area contributed by atoms with Gasteiger partial charge in [-0.05, 0) is 28.7 Å². The molecule has 0 saturated heterocycles. The Labute approximate surface area is 123 Å². The number of nitrogens with zero attached hydrogens (tertiary/aromatic N) is 1. The molecule has 1 aromatic rings. The molecule has 0 spiro atoms. The van der Waals surface area contributed by atoms with Crippen LogP contribution in [0.15, 0.2) is 6.07 Å². The molecule has 0 saturated carbocycles. The Hall–Kier alpha value is -0.183. The summed E-state index contributed by atoms with van der Waals surface area (Å²) in [5.41, 5.74) is 0.983. The predicted molar refractivity (Wildman–Crippen MR) is 83.2 cm³/mol. The number of halogens is 1. The summed E-state index contributed by atoms with van der Waals surface area (Å²) < 4.78 is 16.8. The summed E-state index contributed by atoms with van der Waals surface area (Å²) in [6, 6.07) is 2.14. The molecule has 18 heavy (non-hydrogen) atoms. The Kier molecular flexibility index (Phi) is 6.02.